The lowest BCUT2D eigenvalue weighted by atomic mass is 10.1. The number of nitrogens with zero attached hydrogens (tertiary/aromatic N) is 1. The van der Waals surface area contributed by atoms with Crippen molar-refractivity contribution in [3.8, 4) is 0 Å². The van der Waals surface area contributed by atoms with Gasteiger partial charge in [0.05, 0.1) is 18.7 Å². The molecule has 0 spiro atoms. The van der Waals surface area contributed by atoms with E-state index in [0.717, 1.165) is 10.9 Å². The quantitative estimate of drug-likeness (QED) is 0.648. The van der Waals surface area contributed by atoms with Gasteiger partial charge in [-0.1, -0.05) is 24.3 Å². The van der Waals surface area contributed by atoms with Crippen LogP contribution in [0.15, 0.2) is 36.4 Å². The first-order valence-corrected chi connectivity index (χ1v) is 7.60. The molecule has 0 aliphatic carbocycles. The molecular weight excluding hydrogens is 310 g/mol. The minimum absolute atomic E-state index is 0.154. The molecular formula is C17H21N3O4. The second-order valence-corrected chi connectivity index (χ2v) is 5.27. The van der Waals surface area contributed by atoms with Gasteiger partial charge in [0.25, 0.3) is 0 Å². The Morgan fingerprint density at radius 1 is 1.21 bits per heavy atom. The molecule has 0 bridgehead atoms. The average Bonchev–Trinajstić information content (AvgIpc) is 2.58. The molecule has 0 aliphatic rings. The summed E-state index contributed by atoms with van der Waals surface area (Å²) in [5.74, 6) is -1.02. The lowest BCUT2D eigenvalue weighted by Gasteiger charge is -2.15. The summed E-state index contributed by atoms with van der Waals surface area (Å²) in [7, 11) is 1.54. The molecule has 24 heavy (non-hydrogen) atoms. The maximum atomic E-state index is 11.8. The molecule has 0 aliphatic heterocycles. The molecule has 7 heteroatoms. The van der Waals surface area contributed by atoms with Gasteiger partial charge in [-0.25, -0.2) is 0 Å². The van der Waals surface area contributed by atoms with Gasteiger partial charge in [0.1, 0.15) is 12.6 Å². The zero-order chi connectivity index (χ0) is 17.4. The van der Waals surface area contributed by atoms with Gasteiger partial charge in [0.2, 0.25) is 11.8 Å². The molecule has 0 fully saturated rings. The summed E-state index contributed by atoms with van der Waals surface area (Å²) in [6, 6.07) is 10.6. The van der Waals surface area contributed by atoms with Gasteiger partial charge in [-0.2, -0.15) is 0 Å². The summed E-state index contributed by atoms with van der Waals surface area (Å²) in [6.45, 7) is 0.545. The molecule has 1 aromatic heterocycles. The number of carbonyl (C=O) groups is 2. The molecule has 0 saturated heterocycles. The molecule has 7 nitrogen and oxygen atoms in total. The van der Waals surface area contributed by atoms with E-state index in [1.807, 2.05) is 36.4 Å². The van der Waals surface area contributed by atoms with Crippen LogP contribution in [0, 0.1) is 0 Å². The summed E-state index contributed by atoms with van der Waals surface area (Å²) in [5.41, 5.74) is 6.88. The second kappa shape index (κ2) is 8.95. The van der Waals surface area contributed by atoms with Crippen LogP contribution < -0.4 is 11.1 Å². The molecule has 0 saturated carbocycles. The maximum absolute atomic E-state index is 11.8. The first kappa shape index (κ1) is 17.8. The van der Waals surface area contributed by atoms with Crippen LogP contribution in [-0.4, -0.2) is 49.8 Å². The maximum Gasteiger partial charge on any atom is 0.246 e. The van der Waals surface area contributed by atoms with Gasteiger partial charge in [-0.05, 0) is 12.1 Å². The average molecular weight is 331 g/mol. The number of rotatable bonds is 9. The Bertz CT molecular complexity index is 705. The largest absolute Gasteiger partial charge is 0.382 e. The van der Waals surface area contributed by atoms with Crippen molar-refractivity contribution in [3.63, 3.8) is 0 Å². The van der Waals surface area contributed by atoms with Crippen molar-refractivity contribution in [1.29, 1.82) is 0 Å². The zero-order valence-electron chi connectivity index (χ0n) is 13.5. The normalized spacial score (nSPS) is 12.0. The fourth-order valence-corrected chi connectivity index (χ4v) is 2.20. The van der Waals surface area contributed by atoms with Crippen LogP contribution >= 0.6 is 0 Å². The Morgan fingerprint density at radius 3 is 2.75 bits per heavy atom. The number of methoxy groups -OCH3 is 1. The number of pyridine rings is 1. The number of fused-ring (bicyclic) bond motifs is 1. The van der Waals surface area contributed by atoms with E-state index in [1.165, 1.54) is 0 Å². The topological polar surface area (TPSA) is 104 Å². The van der Waals surface area contributed by atoms with E-state index in [2.05, 4.69) is 10.3 Å². The smallest absolute Gasteiger partial charge is 0.246 e. The first-order chi connectivity index (χ1) is 11.6. The summed E-state index contributed by atoms with van der Waals surface area (Å²) in [6.07, 6.45) is 0.226. The number of benzene rings is 1. The highest BCUT2D eigenvalue weighted by Crippen LogP contribution is 2.12. The van der Waals surface area contributed by atoms with Gasteiger partial charge < -0.3 is 20.5 Å². The lowest BCUT2D eigenvalue weighted by Crippen LogP contribution is -2.47. The van der Waals surface area contributed by atoms with Crippen LogP contribution in [0.2, 0.25) is 0 Å². The van der Waals surface area contributed by atoms with E-state index in [9.17, 15) is 9.59 Å². The first-order valence-electron chi connectivity index (χ1n) is 7.60. The third kappa shape index (κ3) is 5.29. The molecule has 1 atom stereocenters. The van der Waals surface area contributed by atoms with Crippen LogP contribution in [0.25, 0.3) is 10.9 Å². The fourth-order valence-electron chi connectivity index (χ4n) is 2.20. The standard InChI is InChI=1S/C17H21N3O4/c1-23-8-9-24-11-16(21)20-15(17(18)22)10-13-7-6-12-4-2-3-5-14(12)19-13/h2-7,15H,8-11H2,1H3,(H2,18,22)(H,20,21)/t15-/m0/s1. The number of primary amides is 1. The molecule has 3 N–H and O–H groups in total. The lowest BCUT2D eigenvalue weighted by molar-refractivity contribution is -0.130. The van der Waals surface area contributed by atoms with Crippen molar-refractivity contribution < 1.29 is 19.1 Å². The Hall–Kier alpha value is -2.51. The Morgan fingerprint density at radius 2 is 2.00 bits per heavy atom. The fraction of sp³-hybridized carbons (Fsp3) is 0.353. The second-order valence-electron chi connectivity index (χ2n) is 5.27. The van der Waals surface area contributed by atoms with Gasteiger partial charge >= 0.3 is 0 Å². The number of hydrogen-bond acceptors (Lipinski definition) is 5. The van der Waals surface area contributed by atoms with Gasteiger partial charge in [-0.15, -0.1) is 0 Å². The van der Waals surface area contributed by atoms with Crippen LogP contribution in [0.5, 0.6) is 0 Å². The predicted octanol–water partition coefficient (Wildman–Crippen LogP) is 0.410. The molecule has 2 amide bonds. The van der Waals surface area contributed by atoms with E-state index in [0.29, 0.717) is 18.9 Å². The van der Waals surface area contributed by atoms with Crippen molar-refractivity contribution in [1.82, 2.24) is 10.3 Å². The predicted molar refractivity (Wildman–Crippen MR) is 89.3 cm³/mol. The summed E-state index contributed by atoms with van der Waals surface area (Å²) < 4.78 is 9.94. The van der Waals surface area contributed by atoms with Gasteiger partial charge in [0.15, 0.2) is 0 Å². The molecule has 128 valence electrons. The third-order valence-corrected chi connectivity index (χ3v) is 3.41. The molecule has 2 rings (SSSR count). The number of aromatic nitrogens is 1. The highest BCUT2D eigenvalue weighted by Gasteiger charge is 2.19. The van der Waals surface area contributed by atoms with E-state index in [1.54, 1.807) is 7.11 Å². The van der Waals surface area contributed by atoms with Crippen molar-refractivity contribution in [3.05, 3.63) is 42.1 Å². The zero-order valence-corrected chi connectivity index (χ0v) is 13.5. The highest BCUT2D eigenvalue weighted by atomic mass is 16.5. The van der Waals surface area contributed by atoms with Gasteiger partial charge in [-0.3, -0.25) is 14.6 Å². The highest BCUT2D eigenvalue weighted by molar-refractivity contribution is 5.87. The molecule has 0 unspecified atom stereocenters. The number of carbonyl (C=O) groups excluding carboxylic acids is 2. The number of para-hydroxylation sites is 1. The van der Waals surface area contributed by atoms with Crippen LogP contribution in [0.4, 0.5) is 0 Å². The molecule has 0 radical (unpaired) electrons. The van der Waals surface area contributed by atoms with Crippen molar-refractivity contribution in [2.24, 2.45) is 5.73 Å². The monoisotopic (exact) mass is 331 g/mol. The summed E-state index contributed by atoms with van der Waals surface area (Å²) in [4.78, 5) is 27.9. The van der Waals surface area contributed by atoms with E-state index < -0.39 is 17.9 Å². The Kier molecular flexibility index (Phi) is 6.65. The number of amides is 2. The van der Waals surface area contributed by atoms with Gasteiger partial charge in [0, 0.05) is 24.6 Å². The SMILES string of the molecule is COCCOCC(=O)N[C@@H](Cc1ccc2ccccc2n1)C(N)=O. The van der Waals surface area contributed by atoms with Crippen LogP contribution in [-0.2, 0) is 25.5 Å². The van der Waals surface area contributed by atoms with Crippen molar-refractivity contribution in [2.75, 3.05) is 26.9 Å². The number of ether oxygens (including phenoxy) is 2. The van der Waals surface area contributed by atoms with E-state index in [-0.39, 0.29) is 13.0 Å². The number of nitrogens with one attached hydrogen (secondary N) is 1. The third-order valence-electron chi connectivity index (χ3n) is 3.41. The van der Waals surface area contributed by atoms with Crippen LogP contribution in [0.1, 0.15) is 5.69 Å². The van der Waals surface area contributed by atoms with Crippen LogP contribution in [0.3, 0.4) is 0 Å². The Labute approximate surface area is 140 Å². The molecule has 1 aromatic carbocycles. The minimum Gasteiger partial charge on any atom is -0.382 e. The van der Waals surface area contributed by atoms with E-state index >= 15 is 0 Å². The summed E-state index contributed by atoms with van der Waals surface area (Å²) >= 11 is 0. The number of nitrogens with two attached hydrogens (primary N) is 1. The molecule has 1 heterocycles. The molecule has 2 aromatic rings. The van der Waals surface area contributed by atoms with Crippen molar-refractivity contribution >= 4 is 22.7 Å². The Balaban J connectivity index is 1.96. The van der Waals surface area contributed by atoms with Crippen molar-refractivity contribution in [2.45, 2.75) is 12.5 Å². The summed E-state index contributed by atoms with van der Waals surface area (Å²) in [5, 5.41) is 3.58. The minimum atomic E-state index is -0.836. The number of hydrogen-bond donors (Lipinski definition) is 2. The van der Waals surface area contributed by atoms with E-state index in [4.69, 9.17) is 15.2 Å².